The van der Waals surface area contributed by atoms with E-state index in [9.17, 15) is 27.9 Å². The van der Waals surface area contributed by atoms with E-state index in [4.69, 9.17) is 11.6 Å². The predicted molar refractivity (Wildman–Crippen MR) is 149 cm³/mol. The molecule has 0 atom stereocenters. The molecule has 2 heterocycles. The molecule has 5 rings (SSSR count). The lowest BCUT2D eigenvalue weighted by Crippen LogP contribution is -2.34. The molecule has 0 bridgehead atoms. The van der Waals surface area contributed by atoms with Gasteiger partial charge in [0.05, 0.1) is 23.7 Å². The fourth-order valence-corrected chi connectivity index (χ4v) is 5.91. The van der Waals surface area contributed by atoms with Crippen LogP contribution < -0.4 is 0 Å². The van der Waals surface area contributed by atoms with Crippen LogP contribution >= 0.6 is 11.6 Å². The van der Waals surface area contributed by atoms with Gasteiger partial charge in [-0.25, -0.2) is 0 Å². The maximum absolute atomic E-state index is 14.5. The Kier molecular flexibility index (Phi) is 8.13. The number of hydrogen-bond acceptors (Lipinski definition) is 3. The Morgan fingerprint density at radius 3 is 2.44 bits per heavy atom. The number of aryl methyl sites for hydroxylation is 1. The number of aromatic nitrogens is 3. The second kappa shape index (κ2) is 11.6. The number of aromatic amines is 1. The fourth-order valence-electron chi connectivity index (χ4n) is 5.78. The van der Waals surface area contributed by atoms with E-state index in [0.29, 0.717) is 11.4 Å². The number of benzene rings is 2. The molecule has 0 spiro atoms. The summed E-state index contributed by atoms with van der Waals surface area (Å²) in [4.78, 5) is 30.0. The molecule has 2 aromatic carbocycles. The topological polar surface area (TPSA) is 91.2 Å². The number of H-pyrrole nitrogens is 1. The third-order valence-corrected chi connectivity index (χ3v) is 8.17. The molecule has 1 fully saturated rings. The number of carboxylic acid groups (broad SMARTS) is 1. The number of fused-ring (bicyclic) bond motifs is 1. The standard InChI is InChI=1S/C30H30ClF3N4O3/c1-18-23(24-4-2-3-5-26(24)36-18)14-15-37(17-19-6-10-21(31)11-7-19)28(39)25-16-35-38(27(25)30(32,33)34)22-12-8-20(9-13-22)29(40)41/h2-7,10-11,16,20,22,36H,8-9,12-15,17H2,1H3,(H,40,41). The Hall–Kier alpha value is -3.79. The first kappa shape index (κ1) is 28.7. The van der Waals surface area contributed by atoms with Crippen LogP contribution in [-0.4, -0.2) is 43.2 Å². The molecule has 2 aromatic heterocycles. The van der Waals surface area contributed by atoms with Crippen LogP contribution in [0.15, 0.2) is 54.7 Å². The average molecular weight is 587 g/mol. The fraction of sp³-hybridized carbons (Fsp3) is 0.367. The minimum absolute atomic E-state index is 0.0869. The minimum Gasteiger partial charge on any atom is -0.481 e. The second-order valence-corrected chi connectivity index (χ2v) is 11.0. The SMILES string of the molecule is Cc1[nH]c2ccccc2c1CCN(Cc1ccc(Cl)cc1)C(=O)c1cnn(C2CCC(C(=O)O)CC2)c1C(F)(F)F. The summed E-state index contributed by atoms with van der Waals surface area (Å²) in [6, 6.07) is 14.0. The van der Waals surface area contributed by atoms with Crippen LogP contribution in [0.1, 0.15) is 64.6 Å². The monoisotopic (exact) mass is 586 g/mol. The van der Waals surface area contributed by atoms with Crippen molar-refractivity contribution in [3.63, 3.8) is 0 Å². The number of aliphatic carboxylic acids is 1. The summed E-state index contributed by atoms with van der Waals surface area (Å²) in [5.41, 5.74) is 2.01. The maximum atomic E-state index is 14.5. The first-order valence-electron chi connectivity index (χ1n) is 13.5. The van der Waals surface area contributed by atoms with Gasteiger partial charge in [-0.15, -0.1) is 0 Å². The highest BCUT2D eigenvalue weighted by Crippen LogP contribution is 2.39. The van der Waals surface area contributed by atoms with Crippen molar-refractivity contribution in [2.24, 2.45) is 5.92 Å². The number of alkyl halides is 3. The van der Waals surface area contributed by atoms with Gasteiger partial charge in [-0.2, -0.15) is 18.3 Å². The molecule has 2 N–H and O–H groups in total. The molecule has 1 saturated carbocycles. The molecule has 0 saturated heterocycles. The highest BCUT2D eigenvalue weighted by atomic mass is 35.5. The van der Waals surface area contributed by atoms with Crippen molar-refractivity contribution in [2.45, 2.75) is 57.8 Å². The summed E-state index contributed by atoms with van der Waals surface area (Å²) < 4.78 is 44.4. The lowest BCUT2D eigenvalue weighted by molar-refractivity contribution is -0.147. The van der Waals surface area contributed by atoms with E-state index in [0.717, 1.165) is 38.6 Å². The first-order chi connectivity index (χ1) is 19.5. The highest BCUT2D eigenvalue weighted by Gasteiger charge is 2.43. The van der Waals surface area contributed by atoms with Crippen LogP contribution in [0.3, 0.4) is 0 Å². The lowest BCUT2D eigenvalue weighted by atomic mass is 9.86. The first-order valence-corrected chi connectivity index (χ1v) is 13.9. The number of carbonyl (C=O) groups excluding carboxylic acids is 1. The Morgan fingerprint density at radius 1 is 1.10 bits per heavy atom. The van der Waals surface area contributed by atoms with Gasteiger partial charge in [0, 0.05) is 34.7 Å². The average Bonchev–Trinajstić information content (AvgIpc) is 3.53. The summed E-state index contributed by atoms with van der Waals surface area (Å²) in [6.07, 6.45) is -2.40. The second-order valence-electron chi connectivity index (χ2n) is 10.6. The number of rotatable bonds is 8. The zero-order valence-electron chi connectivity index (χ0n) is 22.4. The van der Waals surface area contributed by atoms with E-state index in [1.165, 1.54) is 4.90 Å². The van der Waals surface area contributed by atoms with Crippen molar-refractivity contribution in [3.05, 3.63) is 87.8 Å². The molecular weight excluding hydrogens is 557 g/mol. The Labute approximate surface area is 239 Å². The summed E-state index contributed by atoms with van der Waals surface area (Å²) in [5.74, 6) is -2.30. The number of nitrogens with zero attached hydrogens (tertiary/aromatic N) is 3. The number of carboxylic acids is 1. The molecule has 1 aliphatic carbocycles. The van der Waals surface area contributed by atoms with E-state index in [1.54, 1.807) is 24.3 Å². The summed E-state index contributed by atoms with van der Waals surface area (Å²) in [5, 5.41) is 14.8. The van der Waals surface area contributed by atoms with Gasteiger partial charge >= 0.3 is 12.1 Å². The summed E-state index contributed by atoms with van der Waals surface area (Å²) >= 11 is 6.03. The van der Waals surface area contributed by atoms with Gasteiger partial charge in [0.25, 0.3) is 5.91 Å². The molecule has 1 amide bonds. The van der Waals surface area contributed by atoms with Crippen LogP contribution in [0, 0.1) is 12.8 Å². The van der Waals surface area contributed by atoms with Crippen molar-refractivity contribution in [2.75, 3.05) is 6.54 Å². The van der Waals surface area contributed by atoms with Crippen molar-refractivity contribution in [3.8, 4) is 0 Å². The molecule has 7 nitrogen and oxygen atoms in total. The van der Waals surface area contributed by atoms with Crippen molar-refractivity contribution < 1.29 is 27.9 Å². The number of para-hydroxylation sites is 1. The number of nitrogens with one attached hydrogen (secondary N) is 1. The van der Waals surface area contributed by atoms with Crippen LogP contribution in [0.5, 0.6) is 0 Å². The molecule has 0 radical (unpaired) electrons. The minimum atomic E-state index is -4.83. The summed E-state index contributed by atoms with van der Waals surface area (Å²) in [6.45, 7) is 2.20. The van der Waals surface area contributed by atoms with Gasteiger partial charge in [-0.1, -0.05) is 41.9 Å². The van der Waals surface area contributed by atoms with E-state index in [1.807, 2.05) is 31.2 Å². The number of amides is 1. The lowest BCUT2D eigenvalue weighted by Gasteiger charge is -2.28. The Bertz CT molecular complexity index is 1550. The maximum Gasteiger partial charge on any atom is 0.433 e. The van der Waals surface area contributed by atoms with Gasteiger partial charge < -0.3 is 15.0 Å². The smallest absolute Gasteiger partial charge is 0.433 e. The van der Waals surface area contributed by atoms with E-state index in [-0.39, 0.29) is 38.8 Å². The van der Waals surface area contributed by atoms with Crippen LogP contribution in [0.4, 0.5) is 13.2 Å². The van der Waals surface area contributed by atoms with E-state index in [2.05, 4.69) is 10.1 Å². The van der Waals surface area contributed by atoms with Crippen molar-refractivity contribution >= 4 is 34.4 Å². The normalized spacial score (nSPS) is 17.6. The van der Waals surface area contributed by atoms with Gasteiger partial charge in [-0.3, -0.25) is 14.3 Å². The predicted octanol–water partition coefficient (Wildman–Crippen LogP) is 7.05. The number of hydrogen-bond donors (Lipinski definition) is 2. The Morgan fingerprint density at radius 2 is 1.78 bits per heavy atom. The number of halogens is 4. The molecule has 4 aromatic rings. The molecule has 0 unspecified atom stereocenters. The summed E-state index contributed by atoms with van der Waals surface area (Å²) in [7, 11) is 0. The zero-order valence-corrected chi connectivity index (χ0v) is 23.2. The molecule has 216 valence electrons. The molecule has 0 aliphatic heterocycles. The van der Waals surface area contributed by atoms with Crippen molar-refractivity contribution in [1.29, 1.82) is 0 Å². The van der Waals surface area contributed by atoms with Gasteiger partial charge in [0.15, 0.2) is 5.69 Å². The van der Waals surface area contributed by atoms with Gasteiger partial charge in [-0.05, 0) is 68.4 Å². The molecular formula is C30H30ClF3N4O3. The Balaban J connectivity index is 1.46. The largest absolute Gasteiger partial charge is 0.481 e. The quantitative estimate of drug-likeness (QED) is 0.231. The third kappa shape index (κ3) is 6.12. The highest BCUT2D eigenvalue weighted by molar-refractivity contribution is 6.30. The molecule has 41 heavy (non-hydrogen) atoms. The zero-order chi connectivity index (χ0) is 29.3. The number of carbonyl (C=O) groups is 2. The van der Waals surface area contributed by atoms with E-state index < -0.39 is 41.3 Å². The van der Waals surface area contributed by atoms with Crippen LogP contribution in [0.2, 0.25) is 5.02 Å². The van der Waals surface area contributed by atoms with Gasteiger partial charge in [0.2, 0.25) is 0 Å². The van der Waals surface area contributed by atoms with Crippen molar-refractivity contribution in [1.82, 2.24) is 19.7 Å². The molecule has 1 aliphatic rings. The van der Waals surface area contributed by atoms with Gasteiger partial charge in [0.1, 0.15) is 0 Å². The van der Waals surface area contributed by atoms with Crippen LogP contribution in [-0.2, 0) is 23.9 Å². The third-order valence-electron chi connectivity index (χ3n) is 7.92. The van der Waals surface area contributed by atoms with E-state index >= 15 is 0 Å². The molecule has 11 heteroatoms. The van der Waals surface area contributed by atoms with Crippen LogP contribution in [0.25, 0.3) is 10.9 Å².